The van der Waals surface area contributed by atoms with Crippen LogP contribution in [0, 0.1) is 16.4 Å². The fraction of sp³-hybridized carbons (Fsp3) is 0.400. The van der Waals surface area contributed by atoms with Crippen LogP contribution in [-0.2, 0) is 13.6 Å². The molecule has 1 fully saturated rings. The van der Waals surface area contributed by atoms with Crippen LogP contribution in [0.3, 0.4) is 0 Å². The summed E-state index contributed by atoms with van der Waals surface area (Å²) < 4.78 is 31.7. The number of H-pyrrole nitrogens is 1. The minimum absolute atomic E-state index is 0.0540. The number of carbonyl (C=O) groups excluding carboxylic acids is 1. The van der Waals surface area contributed by atoms with E-state index in [-0.39, 0.29) is 28.6 Å². The maximum Gasteiger partial charge on any atom is 0.257 e. The van der Waals surface area contributed by atoms with Gasteiger partial charge in [-0.25, -0.2) is 8.78 Å². The van der Waals surface area contributed by atoms with Crippen LogP contribution in [0.25, 0.3) is 11.3 Å². The summed E-state index contributed by atoms with van der Waals surface area (Å²) in [6.07, 6.45) is 3.29. The highest BCUT2D eigenvalue weighted by molar-refractivity contribution is 7.71. The minimum Gasteiger partial charge on any atom is -0.338 e. The molecule has 0 radical (unpaired) electrons. The lowest BCUT2D eigenvalue weighted by atomic mass is 9.96. The molecule has 1 aliphatic heterocycles. The van der Waals surface area contributed by atoms with Crippen molar-refractivity contribution in [2.75, 3.05) is 13.1 Å². The second kappa shape index (κ2) is 8.10. The number of aromatic amines is 1. The highest BCUT2D eigenvalue weighted by Crippen LogP contribution is 2.30. The van der Waals surface area contributed by atoms with Crippen molar-refractivity contribution < 1.29 is 13.6 Å². The molecule has 3 heterocycles. The average molecular weight is 433 g/mol. The Morgan fingerprint density at radius 2 is 2.17 bits per heavy atom. The molecule has 158 valence electrons. The van der Waals surface area contributed by atoms with Gasteiger partial charge in [-0.05, 0) is 44.1 Å². The van der Waals surface area contributed by atoms with Gasteiger partial charge < -0.3 is 9.47 Å². The highest BCUT2D eigenvalue weighted by Gasteiger charge is 2.31. The molecule has 30 heavy (non-hydrogen) atoms. The molecule has 1 aliphatic rings. The van der Waals surface area contributed by atoms with Gasteiger partial charge in [0, 0.05) is 50.4 Å². The Bertz CT molecular complexity index is 1150. The van der Waals surface area contributed by atoms with E-state index >= 15 is 0 Å². The zero-order chi connectivity index (χ0) is 21.4. The number of likely N-dealkylation sites (tertiary alicyclic amines) is 1. The van der Waals surface area contributed by atoms with Gasteiger partial charge in [0.05, 0.1) is 5.56 Å². The Morgan fingerprint density at radius 1 is 1.37 bits per heavy atom. The molecule has 10 heteroatoms. The van der Waals surface area contributed by atoms with Crippen LogP contribution in [-0.4, -0.2) is 48.4 Å². The predicted octanol–water partition coefficient (Wildman–Crippen LogP) is 3.66. The Balaban J connectivity index is 1.64. The Labute approximate surface area is 177 Å². The van der Waals surface area contributed by atoms with E-state index in [0.29, 0.717) is 24.4 Å². The summed E-state index contributed by atoms with van der Waals surface area (Å²) >= 11 is 5.29. The molecular formula is C20H22F2N6OS. The summed E-state index contributed by atoms with van der Waals surface area (Å²) in [6, 6.07) is 3.26. The van der Waals surface area contributed by atoms with Crippen molar-refractivity contribution in [2.24, 2.45) is 7.05 Å². The number of benzene rings is 1. The lowest BCUT2D eigenvalue weighted by molar-refractivity contribution is 0.0704. The van der Waals surface area contributed by atoms with Gasteiger partial charge in [-0.1, -0.05) is 0 Å². The molecule has 1 amide bonds. The predicted molar refractivity (Wildman–Crippen MR) is 110 cm³/mol. The number of piperidine rings is 1. The molecule has 3 aromatic rings. The normalized spacial score (nSPS) is 16.8. The zero-order valence-corrected chi connectivity index (χ0v) is 17.5. The third-order valence-corrected chi connectivity index (χ3v) is 5.73. The molecule has 4 rings (SSSR count). The number of nitrogens with zero attached hydrogens (tertiary/aromatic N) is 5. The van der Waals surface area contributed by atoms with Crippen LogP contribution in [0.4, 0.5) is 8.78 Å². The Kier molecular flexibility index (Phi) is 5.50. The molecule has 1 N–H and O–H groups in total. The van der Waals surface area contributed by atoms with Gasteiger partial charge >= 0.3 is 0 Å². The summed E-state index contributed by atoms with van der Waals surface area (Å²) in [7, 11) is 1.67. The van der Waals surface area contributed by atoms with E-state index in [1.165, 1.54) is 10.7 Å². The quantitative estimate of drug-likeness (QED) is 0.639. The molecule has 2 aromatic heterocycles. The van der Waals surface area contributed by atoms with Crippen molar-refractivity contribution >= 4 is 18.1 Å². The number of hydrogen-bond acceptors (Lipinski definition) is 4. The number of aryl methyl sites for hydroxylation is 1. The van der Waals surface area contributed by atoms with E-state index < -0.39 is 11.6 Å². The lowest BCUT2D eigenvalue weighted by Gasteiger charge is -2.32. The van der Waals surface area contributed by atoms with Crippen LogP contribution in [0.1, 0.15) is 41.9 Å². The van der Waals surface area contributed by atoms with Gasteiger partial charge in [-0.15, -0.1) is 0 Å². The van der Waals surface area contributed by atoms with Gasteiger partial charge in [-0.3, -0.25) is 14.6 Å². The first-order valence-electron chi connectivity index (χ1n) is 9.82. The van der Waals surface area contributed by atoms with Gasteiger partial charge in [0.15, 0.2) is 4.77 Å². The maximum absolute atomic E-state index is 14.4. The topological polar surface area (TPSA) is 71.7 Å². The molecule has 0 aliphatic carbocycles. The molecule has 0 bridgehead atoms. The third-order valence-electron chi connectivity index (χ3n) is 5.42. The van der Waals surface area contributed by atoms with Crippen molar-refractivity contribution in [2.45, 2.75) is 32.2 Å². The molecule has 0 saturated carbocycles. The van der Waals surface area contributed by atoms with Crippen molar-refractivity contribution in [1.29, 1.82) is 0 Å². The van der Waals surface area contributed by atoms with E-state index in [2.05, 4.69) is 15.3 Å². The smallest absolute Gasteiger partial charge is 0.257 e. The van der Waals surface area contributed by atoms with Gasteiger partial charge in [0.2, 0.25) is 0 Å². The summed E-state index contributed by atoms with van der Waals surface area (Å²) in [6.45, 7) is 3.77. The largest absolute Gasteiger partial charge is 0.338 e. The second-order valence-electron chi connectivity index (χ2n) is 7.41. The summed E-state index contributed by atoms with van der Waals surface area (Å²) in [5.41, 5.74) is 0.595. The standard InChI is InChI=1S/C20H22F2N6OS/c1-3-28-18(23-24-20(28)30)12-5-4-8-27(10-12)19(29)15-11-26(2)25-17(15)14-7-6-13(21)9-16(14)22/h6-7,9,11-12H,3-5,8,10H2,1-2H3,(H,24,30). The molecular weight excluding hydrogens is 410 g/mol. The lowest BCUT2D eigenvalue weighted by Crippen LogP contribution is -2.40. The van der Waals surface area contributed by atoms with E-state index in [4.69, 9.17) is 12.2 Å². The molecule has 0 spiro atoms. The van der Waals surface area contributed by atoms with Crippen molar-refractivity contribution in [1.82, 2.24) is 29.4 Å². The fourth-order valence-corrected chi connectivity index (χ4v) is 4.28. The van der Waals surface area contributed by atoms with Gasteiger partial charge in [-0.2, -0.15) is 10.2 Å². The average Bonchev–Trinajstić information content (AvgIpc) is 3.29. The van der Waals surface area contributed by atoms with E-state index in [1.54, 1.807) is 18.1 Å². The SMILES string of the molecule is CCn1c(C2CCCN(C(=O)c3cn(C)nc3-c3ccc(F)cc3F)C2)n[nH]c1=S. The number of amides is 1. The third kappa shape index (κ3) is 3.67. The first-order valence-corrected chi connectivity index (χ1v) is 10.2. The van der Waals surface area contributed by atoms with Crippen molar-refractivity contribution in [3.63, 3.8) is 0 Å². The van der Waals surface area contributed by atoms with E-state index in [1.807, 2.05) is 11.5 Å². The van der Waals surface area contributed by atoms with Crippen LogP contribution >= 0.6 is 12.2 Å². The van der Waals surface area contributed by atoms with Crippen LogP contribution in [0.5, 0.6) is 0 Å². The number of rotatable bonds is 4. The summed E-state index contributed by atoms with van der Waals surface area (Å²) in [4.78, 5) is 15.1. The molecule has 1 aromatic carbocycles. The summed E-state index contributed by atoms with van der Waals surface area (Å²) in [5.74, 6) is -0.765. The molecule has 1 atom stereocenters. The number of halogens is 2. The second-order valence-corrected chi connectivity index (χ2v) is 7.80. The minimum atomic E-state index is -0.752. The van der Waals surface area contributed by atoms with E-state index in [9.17, 15) is 13.6 Å². The molecule has 1 unspecified atom stereocenters. The van der Waals surface area contributed by atoms with Crippen molar-refractivity contribution in [3.05, 3.63) is 52.2 Å². The van der Waals surface area contributed by atoms with Crippen molar-refractivity contribution in [3.8, 4) is 11.3 Å². The molecule has 7 nitrogen and oxygen atoms in total. The number of hydrogen-bond donors (Lipinski definition) is 1. The number of carbonyl (C=O) groups is 1. The zero-order valence-electron chi connectivity index (χ0n) is 16.7. The highest BCUT2D eigenvalue weighted by atomic mass is 32.1. The number of aromatic nitrogens is 5. The monoisotopic (exact) mass is 432 g/mol. The van der Waals surface area contributed by atoms with Crippen LogP contribution < -0.4 is 0 Å². The number of nitrogens with one attached hydrogen (secondary N) is 1. The van der Waals surface area contributed by atoms with Gasteiger partial charge in [0.25, 0.3) is 5.91 Å². The first kappa shape index (κ1) is 20.4. The summed E-state index contributed by atoms with van der Waals surface area (Å²) in [5, 5.41) is 11.5. The van der Waals surface area contributed by atoms with Gasteiger partial charge in [0.1, 0.15) is 23.2 Å². The Morgan fingerprint density at radius 3 is 2.90 bits per heavy atom. The maximum atomic E-state index is 14.4. The van der Waals surface area contributed by atoms with Crippen LogP contribution in [0.2, 0.25) is 0 Å². The Hall–Kier alpha value is -2.88. The van der Waals surface area contributed by atoms with E-state index in [0.717, 1.165) is 30.8 Å². The first-order chi connectivity index (χ1) is 14.4. The van der Waals surface area contributed by atoms with Crippen LogP contribution in [0.15, 0.2) is 24.4 Å². The fourth-order valence-electron chi connectivity index (χ4n) is 4.02. The molecule has 1 saturated heterocycles.